The first-order valence-corrected chi connectivity index (χ1v) is 8.88. The van der Waals surface area contributed by atoms with Crippen LogP contribution >= 0.6 is 0 Å². The van der Waals surface area contributed by atoms with Gasteiger partial charge in [0.1, 0.15) is 16.7 Å². The van der Waals surface area contributed by atoms with Crippen molar-refractivity contribution < 1.29 is 26.3 Å². The summed E-state index contributed by atoms with van der Waals surface area (Å²) in [6.45, 7) is 0.544. The third-order valence-corrected chi connectivity index (χ3v) is 5.26. The molecular formula is C14H20F3N3O3S. The van der Waals surface area contributed by atoms with Crippen molar-refractivity contribution in [3.8, 4) is 5.75 Å². The van der Waals surface area contributed by atoms with Gasteiger partial charge in [-0.15, -0.1) is 0 Å². The number of alkyl halides is 3. The van der Waals surface area contributed by atoms with Crippen molar-refractivity contribution in [1.29, 1.82) is 0 Å². The minimum atomic E-state index is -4.53. The van der Waals surface area contributed by atoms with Crippen molar-refractivity contribution in [3.63, 3.8) is 0 Å². The zero-order valence-corrected chi connectivity index (χ0v) is 14.0. The van der Waals surface area contributed by atoms with E-state index < -0.39 is 28.8 Å². The van der Waals surface area contributed by atoms with E-state index in [2.05, 4.69) is 10.0 Å². The van der Waals surface area contributed by atoms with E-state index in [0.717, 1.165) is 0 Å². The Hall–Kier alpha value is -1.36. The number of sulfonamides is 1. The number of ether oxygens (including phenoxy) is 1. The summed E-state index contributed by atoms with van der Waals surface area (Å²) in [6, 6.07) is 3.91. The fraction of sp³-hybridized carbons (Fsp3) is 0.571. The van der Waals surface area contributed by atoms with Crippen LogP contribution < -0.4 is 14.8 Å². The average Bonchev–Trinajstić information content (AvgIpc) is 2.54. The molecule has 0 radical (unpaired) electrons. The first-order valence-electron chi connectivity index (χ1n) is 7.40. The van der Waals surface area contributed by atoms with Gasteiger partial charge in [0.2, 0.25) is 10.0 Å². The molecule has 2 N–H and O–H groups in total. The van der Waals surface area contributed by atoms with Crippen LogP contribution in [0.15, 0.2) is 29.2 Å². The number of piperazine rings is 1. The normalized spacial score (nSPS) is 18.3. The molecule has 1 atom stereocenters. The molecule has 1 saturated heterocycles. The van der Waals surface area contributed by atoms with Crippen LogP contribution in [0.3, 0.4) is 0 Å². The monoisotopic (exact) mass is 367 g/mol. The minimum Gasteiger partial charge on any atom is -0.495 e. The molecule has 2 rings (SSSR count). The molecule has 0 aromatic heterocycles. The summed E-state index contributed by atoms with van der Waals surface area (Å²) < 4.78 is 71.6. The molecule has 1 aromatic rings. The van der Waals surface area contributed by atoms with E-state index in [9.17, 15) is 21.6 Å². The third-order valence-electron chi connectivity index (χ3n) is 3.80. The van der Waals surface area contributed by atoms with Gasteiger partial charge in [-0.25, -0.2) is 13.1 Å². The van der Waals surface area contributed by atoms with E-state index >= 15 is 0 Å². The molecule has 6 nitrogen and oxygen atoms in total. The first-order chi connectivity index (χ1) is 11.3. The second-order valence-corrected chi connectivity index (χ2v) is 7.08. The maximum absolute atomic E-state index is 13.3. The Labute approximate surface area is 139 Å². The van der Waals surface area contributed by atoms with Gasteiger partial charge in [-0.05, 0) is 12.1 Å². The molecule has 0 spiro atoms. The van der Waals surface area contributed by atoms with Crippen molar-refractivity contribution in [2.45, 2.75) is 17.1 Å². The highest BCUT2D eigenvalue weighted by Crippen LogP contribution is 2.26. The lowest BCUT2D eigenvalue weighted by molar-refractivity contribution is -0.182. The number of benzene rings is 1. The van der Waals surface area contributed by atoms with Gasteiger partial charge in [-0.3, -0.25) is 4.90 Å². The maximum Gasteiger partial charge on any atom is 0.405 e. The SMILES string of the molecule is COc1ccccc1S(=O)(=O)NCC(N1CCNCC1)C(F)(F)F. The van der Waals surface area contributed by atoms with Gasteiger partial charge in [0.15, 0.2) is 0 Å². The number of hydrogen-bond donors (Lipinski definition) is 2. The Morgan fingerprint density at radius 3 is 2.50 bits per heavy atom. The topological polar surface area (TPSA) is 70.7 Å². The summed E-state index contributed by atoms with van der Waals surface area (Å²) in [4.78, 5) is 1.05. The lowest BCUT2D eigenvalue weighted by atomic mass is 10.2. The van der Waals surface area contributed by atoms with Crippen LogP contribution in [0.5, 0.6) is 5.75 Å². The van der Waals surface area contributed by atoms with Crippen LogP contribution in [0.1, 0.15) is 0 Å². The molecule has 1 unspecified atom stereocenters. The van der Waals surface area contributed by atoms with Crippen molar-refractivity contribution in [2.24, 2.45) is 0 Å². The van der Waals surface area contributed by atoms with Gasteiger partial charge in [-0.2, -0.15) is 13.2 Å². The Morgan fingerprint density at radius 1 is 1.29 bits per heavy atom. The minimum absolute atomic E-state index is 0.0794. The number of para-hydroxylation sites is 1. The van der Waals surface area contributed by atoms with E-state index in [0.29, 0.717) is 13.1 Å². The van der Waals surface area contributed by atoms with Crippen LogP contribution in [0, 0.1) is 0 Å². The predicted octanol–water partition coefficient (Wildman–Crippen LogP) is 0.810. The number of methoxy groups -OCH3 is 1. The van der Waals surface area contributed by atoms with Crippen LogP contribution in [0.25, 0.3) is 0 Å². The summed E-state index contributed by atoms with van der Waals surface area (Å²) in [6.07, 6.45) is -4.53. The maximum atomic E-state index is 13.3. The molecule has 1 aliphatic heterocycles. The Morgan fingerprint density at radius 2 is 1.92 bits per heavy atom. The first kappa shape index (κ1) is 19.0. The Kier molecular flexibility index (Phi) is 6.07. The van der Waals surface area contributed by atoms with Gasteiger partial charge >= 0.3 is 6.18 Å². The van der Waals surface area contributed by atoms with Gasteiger partial charge in [0, 0.05) is 32.7 Å². The summed E-state index contributed by atoms with van der Waals surface area (Å²) >= 11 is 0. The van der Waals surface area contributed by atoms with Crippen LogP contribution in [0.2, 0.25) is 0 Å². The largest absolute Gasteiger partial charge is 0.495 e. The molecule has 10 heteroatoms. The summed E-state index contributed by atoms with van der Waals surface area (Å²) in [5, 5.41) is 2.97. The molecule has 0 aliphatic carbocycles. The fourth-order valence-corrected chi connectivity index (χ4v) is 3.76. The second-order valence-electron chi connectivity index (χ2n) is 5.35. The van der Waals surface area contributed by atoms with Crippen molar-refractivity contribution >= 4 is 10.0 Å². The molecular weight excluding hydrogens is 347 g/mol. The quantitative estimate of drug-likeness (QED) is 0.779. The van der Waals surface area contributed by atoms with Crippen LogP contribution in [0.4, 0.5) is 13.2 Å². The lowest BCUT2D eigenvalue weighted by Gasteiger charge is -2.35. The third kappa shape index (κ3) is 4.59. The standard InChI is InChI=1S/C14H20F3N3O3S/c1-23-11-4-2-3-5-12(11)24(21,22)19-10-13(14(15,16)17)20-8-6-18-7-9-20/h2-5,13,18-19H,6-10H2,1H3. The number of nitrogens with zero attached hydrogens (tertiary/aromatic N) is 1. The number of rotatable bonds is 6. The zero-order chi connectivity index (χ0) is 17.8. The molecule has 136 valence electrons. The van der Waals surface area contributed by atoms with Crippen molar-refractivity contribution in [1.82, 2.24) is 14.9 Å². The molecule has 24 heavy (non-hydrogen) atoms. The van der Waals surface area contributed by atoms with Crippen LogP contribution in [-0.2, 0) is 10.0 Å². The van der Waals surface area contributed by atoms with E-state index in [1.807, 2.05) is 0 Å². The number of hydrogen-bond acceptors (Lipinski definition) is 5. The highest BCUT2D eigenvalue weighted by Gasteiger charge is 2.44. The lowest BCUT2D eigenvalue weighted by Crippen LogP contribution is -2.57. The fourth-order valence-electron chi connectivity index (χ4n) is 2.55. The smallest absolute Gasteiger partial charge is 0.405 e. The molecule has 1 aromatic carbocycles. The summed E-state index contributed by atoms with van der Waals surface area (Å²) in [5.74, 6) is 0.0794. The highest BCUT2D eigenvalue weighted by atomic mass is 32.2. The number of halogens is 3. The Balaban J connectivity index is 2.15. The van der Waals surface area contributed by atoms with E-state index in [4.69, 9.17) is 4.74 Å². The average molecular weight is 367 g/mol. The Bertz CT molecular complexity index is 646. The van der Waals surface area contributed by atoms with Gasteiger partial charge in [0.25, 0.3) is 0 Å². The molecule has 0 amide bonds. The molecule has 0 saturated carbocycles. The highest BCUT2D eigenvalue weighted by molar-refractivity contribution is 7.89. The molecule has 0 bridgehead atoms. The second kappa shape index (κ2) is 7.68. The van der Waals surface area contributed by atoms with Gasteiger partial charge in [0.05, 0.1) is 7.11 Å². The molecule has 1 aliphatic rings. The van der Waals surface area contributed by atoms with E-state index in [1.54, 1.807) is 6.07 Å². The van der Waals surface area contributed by atoms with Crippen LogP contribution in [-0.4, -0.2) is 65.4 Å². The summed E-state index contributed by atoms with van der Waals surface area (Å²) in [5.41, 5.74) is 0. The van der Waals surface area contributed by atoms with Gasteiger partial charge in [-0.1, -0.05) is 12.1 Å². The van der Waals surface area contributed by atoms with Crippen molar-refractivity contribution in [2.75, 3.05) is 39.8 Å². The van der Waals surface area contributed by atoms with Gasteiger partial charge < -0.3 is 10.1 Å². The predicted molar refractivity (Wildman–Crippen MR) is 82.5 cm³/mol. The zero-order valence-electron chi connectivity index (χ0n) is 13.1. The summed E-state index contributed by atoms with van der Waals surface area (Å²) in [7, 11) is -2.82. The van der Waals surface area contributed by atoms with Crippen molar-refractivity contribution in [3.05, 3.63) is 24.3 Å². The molecule has 1 heterocycles. The number of nitrogens with one attached hydrogen (secondary N) is 2. The van der Waals surface area contributed by atoms with E-state index in [-0.39, 0.29) is 23.7 Å². The van der Waals surface area contributed by atoms with E-state index in [1.165, 1.54) is 30.2 Å². The molecule has 1 fully saturated rings.